The van der Waals surface area contributed by atoms with Gasteiger partial charge in [-0.15, -0.1) is 0 Å². The second-order valence-electron chi connectivity index (χ2n) is 8.21. The van der Waals surface area contributed by atoms with Crippen LogP contribution in [0.4, 0.5) is 5.69 Å². The second kappa shape index (κ2) is 10.4. The zero-order valence-corrected chi connectivity index (χ0v) is 20.3. The normalized spacial score (nSPS) is 11.0. The molecule has 7 heteroatoms. The van der Waals surface area contributed by atoms with Gasteiger partial charge in [0.2, 0.25) is 0 Å². The van der Waals surface area contributed by atoms with Crippen LogP contribution in [0.2, 0.25) is 0 Å². The maximum absolute atomic E-state index is 12.8. The predicted octanol–water partition coefficient (Wildman–Crippen LogP) is 5.54. The fourth-order valence-electron chi connectivity index (χ4n) is 3.50. The lowest BCUT2D eigenvalue weighted by Gasteiger charge is -2.20. The van der Waals surface area contributed by atoms with Gasteiger partial charge in [0, 0.05) is 30.9 Å². The van der Waals surface area contributed by atoms with Crippen LogP contribution < -0.4 is 14.4 Å². The van der Waals surface area contributed by atoms with Crippen molar-refractivity contribution in [2.75, 3.05) is 11.9 Å². The van der Waals surface area contributed by atoms with Crippen LogP contribution in [0, 0.1) is 6.92 Å². The molecule has 0 aliphatic heterocycles. The van der Waals surface area contributed by atoms with Crippen molar-refractivity contribution in [3.8, 4) is 11.5 Å². The standard InChI is InChI=1S/C28H26N2O4S/c1-21-11-13-22(14-12-21)20-30(2)24-17-15-23(16-18-24)28(31)29-35(32,33)27-10-6-9-26(19-27)34-25-7-4-3-5-8-25/h3-19H,20H2,1-2H3,(H,29,31). The van der Waals surface area contributed by atoms with E-state index in [0.29, 0.717) is 18.0 Å². The minimum Gasteiger partial charge on any atom is -0.457 e. The van der Waals surface area contributed by atoms with Crippen LogP contribution >= 0.6 is 0 Å². The summed E-state index contributed by atoms with van der Waals surface area (Å²) in [7, 11) is -2.12. The molecule has 4 aromatic rings. The Labute approximate surface area is 205 Å². The Kier molecular flexibility index (Phi) is 7.17. The van der Waals surface area contributed by atoms with Gasteiger partial charge in [0.25, 0.3) is 15.9 Å². The third-order valence-electron chi connectivity index (χ3n) is 5.43. The molecule has 0 saturated heterocycles. The predicted molar refractivity (Wildman–Crippen MR) is 137 cm³/mol. The summed E-state index contributed by atoms with van der Waals surface area (Å²) < 4.78 is 33.5. The van der Waals surface area contributed by atoms with Crippen molar-refractivity contribution < 1.29 is 17.9 Å². The van der Waals surface area contributed by atoms with Crippen molar-refractivity contribution in [3.63, 3.8) is 0 Å². The molecule has 0 fully saturated rings. The zero-order valence-electron chi connectivity index (χ0n) is 19.5. The van der Waals surface area contributed by atoms with E-state index in [1.54, 1.807) is 48.5 Å². The number of amides is 1. The van der Waals surface area contributed by atoms with Crippen molar-refractivity contribution in [3.05, 3.63) is 120 Å². The highest BCUT2D eigenvalue weighted by Crippen LogP contribution is 2.24. The minimum atomic E-state index is -4.08. The number of aryl methyl sites for hydroxylation is 1. The number of hydrogen-bond acceptors (Lipinski definition) is 5. The van der Waals surface area contributed by atoms with E-state index in [1.165, 1.54) is 23.3 Å². The third-order valence-corrected chi connectivity index (χ3v) is 6.76. The molecule has 0 unspecified atom stereocenters. The van der Waals surface area contributed by atoms with E-state index < -0.39 is 15.9 Å². The molecule has 35 heavy (non-hydrogen) atoms. The molecule has 0 heterocycles. The average molecular weight is 487 g/mol. The van der Waals surface area contributed by atoms with E-state index >= 15 is 0 Å². The molecule has 0 aromatic heterocycles. The molecular weight excluding hydrogens is 460 g/mol. The number of benzene rings is 4. The Hall–Kier alpha value is -4.10. The number of sulfonamides is 1. The first-order chi connectivity index (χ1) is 16.8. The number of nitrogens with one attached hydrogen (secondary N) is 1. The van der Waals surface area contributed by atoms with Crippen molar-refractivity contribution >= 4 is 21.6 Å². The van der Waals surface area contributed by atoms with Gasteiger partial charge in [-0.2, -0.15) is 0 Å². The Bertz CT molecular complexity index is 1400. The lowest BCUT2D eigenvalue weighted by atomic mass is 10.1. The number of carbonyl (C=O) groups is 1. The van der Waals surface area contributed by atoms with E-state index in [-0.39, 0.29) is 10.5 Å². The van der Waals surface area contributed by atoms with Crippen LogP contribution in [-0.4, -0.2) is 21.4 Å². The Morgan fingerprint density at radius 2 is 1.49 bits per heavy atom. The van der Waals surface area contributed by atoms with Crippen molar-refractivity contribution in [1.82, 2.24) is 4.72 Å². The quantitative estimate of drug-likeness (QED) is 0.354. The molecule has 0 aliphatic carbocycles. The van der Waals surface area contributed by atoms with Gasteiger partial charge >= 0.3 is 0 Å². The second-order valence-corrected chi connectivity index (χ2v) is 9.90. The van der Waals surface area contributed by atoms with Crippen molar-refractivity contribution in [2.45, 2.75) is 18.4 Å². The number of para-hydroxylation sites is 1. The highest BCUT2D eigenvalue weighted by atomic mass is 32.2. The van der Waals surface area contributed by atoms with Crippen LogP contribution in [0.25, 0.3) is 0 Å². The molecule has 178 valence electrons. The molecule has 4 aromatic carbocycles. The van der Waals surface area contributed by atoms with Crippen LogP contribution in [-0.2, 0) is 16.6 Å². The van der Waals surface area contributed by atoms with Crippen LogP contribution in [0.1, 0.15) is 21.5 Å². The first-order valence-electron chi connectivity index (χ1n) is 11.1. The van der Waals surface area contributed by atoms with Gasteiger partial charge in [-0.3, -0.25) is 4.79 Å². The molecule has 1 amide bonds. The van der Waals surface area contributed by atoms with Gasteiger partial charge in [-0.1, -0.05) is 54.1 Å². The first-order valence-corrected chi connectivity index (χ1v) is 12.6. The monoisotopic (exact) mass is 486 g/mol. The first kappa shape index (κ1) is 24.0. The molecule has 6 nitrogen and oxygen atoms in total. The topological polar surface area (TPSA) is 75.7 Å². The fraction of sp³-hybridized carbons (Fsp3) is 0.107. The molecule has 0 radical (unpaired) electrons. The Balaban J connectivity index is 1.42. The summed E-state index contributed by atoms with van der Waals surface area (Å²) in [5, 5.41) is 0. The molecule has 0 bridgehead atoms. The number of carbonyl (C=O) groups excluding carboxylic acids is 1. The number of anilines is 1. The summed E-state index contributed by atoms with van der Waals surface area (Å²) in [5.74, 6) is 0.234. The molecule has 0 saturated carbocycles. The zero-order chi connectivity index (χ0) is 24.8. The van der Waals surface area contributed by atoms with Crippen LogP contribution in [0.15, 0.2) is 108 Å². The van der Waals surface area contributed by atoms with Gasteiger partial charge in [-0.05, 0) is 61.0 Å². The summed E-state index contributed by atoms with van der Waals surface area (Å²) in [4.78, 5) is 14.7. The van der Waals surface area contributed by atoms with Gasteiger partial charge < -0.3 is 9.64 Å². The van der Waals surface area contributed by atoms with Gasteiger partial charge in [-0.25, -0.2) is 13.1 Å². The van der Waals surface area contributed by atoms with E-state index in [9.17, 15) is 13.2 Å². The highest BCUT2D eigenvalue weighted by Gasteiger charge is 2.19. The molecule has 4 rings (SSSR count). The van der Waals surface area contributed by atoms with Gasteiger partial charge in [0.05, 0.1) is 4.90 Å². The highest BCUT2D eigenvalue weighted by molar-refractivity contribution is 7.90. The Morgan fingerprint density at radius 1 is 0.829 bits per heavy atom. The van der Waals surface area contributed by atoms with Gasteiger partial charge in [0.1, 0.15) is 11.5 Å². The van der Waals surface area contributed by atoms with Crippen LogP contribution in [0.5, 0.6) is 11.5 Å². The summed E-state index contributed by atoms with van der Waals surface area (Å²) in [6.07, 6.45) is 0. The fourth-order valence-corrected chi connectivity index (χ4v) is 4.50. The summed E-state index contributed by atoms with van der Waals surface area (Å²) in [5.41, 5.74) is 3.54. The maximum Gasteiger partial charge on any atom is 0.264 e. The average Bonchev–Trinajstić information content (AvgIpc) is 2.86. The molecule has 0 aliphatic rings. The summed E-state index contributed by atoms with van der Waals surface area (Å²) >= 11 is 0. The lowest BCUT2D eigenvalue weighted by Crippen LogP contribution is -2.30. The molecule has 0 atom stereocenters. The summed E-state index contributed by atoms with van der Waals surface area (Å²) in [6.45, 7) is 2.76. The minimum absolute atomic E-state index is 0.0614. The molecule has 1 N–H and O–H groups in total. The van der Waals surface area contributed by atoms with Crippen molar-refractivity contribution in [2.24, 2.45) is 0 Å². The SMILES string of the molecule is Cc1ccc(CN(C)c2ccc(C(=O)NS(=O)(=O)c3cccc(Oc4ccccc4)c3)cc2)cc1. The van der Waals surface area contributed by atoms with Crippen molar-refractivity contribution in [1.29, 1.82) is 0 Å². The third kappa shape index (κ3) is 6.28. The van der Waals surface area contributed by atoms with E-state index in [4.69, 9.17) is 4.74 Å². The smallest absolute Gasteiger partial charge is 0.264 e. The lowest BCUT2D eigenvalue weighted by molar-refractivity contribution is 0.0981. The maximum atomic E-state index is 12.8. The number of hydrogen-bond donors (Lipinski definition) is 1. The van der Waals surface area contributed by atoms with E-state index in [0.717, 1.165) is 5.69 Å². The number of nitrogens with zero attached hydrogens (tertiary/aromatic N) is 1. The largest absolute Gasteiger partial charge is 0.457 e. The van der Waals surface area contributed by atoms with Crippen LogP contribution in [0.3, 0.4) is 0 Å². The Morgan fingerprint density at radius 3 is 2.17 bits per heavy atom. The summed E-state index contributed by atoms with van der Waals surface area (Å²) in [6, 6.07) is 30.2. The molecular formula is C28H26N2O4S. The molecule has 0 spiro atoms. The van der Waals surface area contributed by atoms with E-state index in [1.807, 2.05) is 32.2 Å². The number of rotatable bonds is 8. The number of ether oxygens (including phenoxy) is 1. The van der Waals surface area contributed by atoms with Gasteiger partial charge in [0.15, 0.2) is 0 Å². The van der Waals surface area contributed by atoms with E-state index in [2.05, 4.69) is 33.9 Å².